The number of rotatable bonds is 4. The van der Waals surface area contributed by atoms with E-state index in [1.807, 2.05) is 6.92 Å². The van der Waals surface area contributed by atoms with E-state index in [1.165, 1.54) is 44.3 Å². The molecule has 0 saturated carbocycles. The number of anilines is 1. The maximum Gasteiger partial charge on any atom is 0.132 e. The molecule has 4 heteroatoms. The lowest BCUT2D eigenvalue weighted by Gasteiger charge is -2.40. The highest BCUT2D eigenvalue weighted by Crippen LogP contribution is 2.33. The molecule has 4 rings (SSSR count). The second kappa shape index (κ2) is 8.17. The molecule has 2 aromatic rings. The maximum atomic E-state index is 4.46. The summed E-state index contributed by atoms with van der Waals surface area (Å²) in [6, 6.07) is 13.0. The van der Waals surface area contributed by atoms with Gasteiger partial charge in [-0.2, -0.15) is 0 Å². The van der Waals surface area contributed by atoms with E-state index < -0.39 is 0 Å². The third kappa shape index (κ3) is 4.24. The monoisotopic (exact) mass is 350 g/mol. The van der Waals surface area contributed by atoms with Gasteiger partial charge in [0.2, 0.25) is 0 Å². The average Bonchev–Trinajstić information content (AvgIpc) is 2.70. The van der Waals surface area contributed by atoms with Crippen LogP contribution >= 0.6 is 0 Å². The van der Waals surface area contributed by atoms with E-state index in [4.69, 9.17) is 0 Å². The van der Waals surface area contributed by atoms with Gasteiger partial charge < -0.3 is 4.90 Å². The summed E-state index contributed by atoms with van der Waals surface area (Å²) in [5, 5.41) is 0. The summed E-state index contributed by atoms with van der Waals surface area (Å²) in [5.74, 6) is 2.91. The molecule has 3 heterocycles. The molecule has 2 aliphatic heterocycles. The molecule has 2 fully saturated rings. The molecule has 4 nitrogen and oxygen atoms in total. The number of hydrogen-bond donors (Lipinski definition) is 0. The first kappa shape index (κ1) is 17.5. The molecule has 0 amide bonds. The summed E-state index contributed by atoms with van der Waals surface area (Å²) in [6.07, 6.45) is 7.05. The van der Waals surface area contributed by atoms with Crippen molar-refractivity contribution in [2.45, 2.75) is 39.2 Å². The van der Waals surface area contributed by atoms with Gasteiger partial charge in [0.25, 0.3) is 0 Å². The summed E-state index contributed by atoms with van der Waals surface area (Å²) in [7, 11) is 0. The van der Waals surface area contributed by atoms with Gasteiger partial charge in [-0.3, -0.25) is 4.90 Å². The SMILES string of the molecule is Cc1cc(N2CCC(C3CCN(Cc4ccccc4)CC3)CC2)ncn1. The Labute approximate surface area is 157 Å². The molecule has 1 aromatic carbocycles. The summed E-state index contributed by atoms with van der Waals surface area (Å²) in [4.78, 5) is 13.7. The topological polar surface area (TPSA) is 32.3 Å². The molecular weight excluding hydrogens is 320 g/mol. The van der Waals surface area contributed by atoms with Crippen molar-refractivity contribution in [1.29, 1.82) is 0 Å². The minimum Gasteiger partial charge on any atom is -0.356 e. The van der Waals surface area contributed by atoms with Gasteiger partial charge in [0.15, 0.2) is 0 Å². The number of likely N-dealkylation sites (tertiary alicyclic amines) is 1. The average molecular weight is 351 g/mol. The van der Waals surface area contributed by atoms with E-state index >= 15 is 0 Å². The number of nitrogens with zero attached hydrogens (tertiary/aromatic N) is 4. The number of piperidine rings is 2. The van der Waals surface area contributed by atoms with Crippen molar-refractivity contribution in [1.82, 2.24) is 14.9 Å². The van der Waals surface area contributed by atoms with Gasteiger partial charge in [-0.25, -0.2) is 9.97 Å². The van der Waals surface area contributed by atoms with Crippen molar-refractivity contribution in [3.8, 4) is 0 Å². The minimum absolute atomic E-state index is 0.896. The summed E-state index contributed by atoms with van der Waals surface area (Å²) >= 11 is 0. The molecule has 138 valence electrons. The first-order valence-electron chi connectivity index (χ1n) is 10.1. The summed E-state index contributed by atoms with van der Waals surface area (Å²) in [5.41, 5.74) is 2.50. The summed E-state index contributed by atoms with van der Waals surface area (Å²) < 4.78 is 0. The van der Waals surface area contributed by atoms with Crippen LogP contribution in [0.3, 0.4) is 0 Å². The predicted molar refractivity (Wildman–Crippen MR) is 106 cm³/mol. The van der Waals surface area contributed by atoms with Crippen LogP contribution in [0.2, 0.25) is 0 Å². The fourth-order valence-electron chi connectivity index (χ4n) is 4.64. The van der Waals surface area contributed by atoms with E-state index in [0.29, 0.717) is 0 Å². The van der Waals surface area contributed by atoms with E-state index in [2.05, 4.69) is 56.2 Å². The Balaban J connectivity index is 1.24. The maximum absolute atomic E-state index is 4.46. The van der Waals surface area contributed by atoms with Crippen LogP contribution < -0.4 is 4.90 Å². The Bertz CT molecular complexity index is 686. The van der Waals surface area contributed by atoms with Gasteiger partial charge in [0.05, 0.1) is 0 Å². The number of hydrogen-bond acceptors (Lipinski definition) is 4. The Kier molecular flexibility index (Phi) is 5.49. The smallest absolute Gasteiger partial charge is 0.132 e. The normalized spacial score (nSPS) is 20.4. The van der Waals surface area contributed by atoms with Crippen LogP contribution in [0.15, 0.2) is 42.7 Å². The van der Waals surface area contributed by atoms with Crippen molar-refractivity contribution in [3.05, 3.63) is 54.0 Å². The van der Waals surface area contributed by atoms with Crippen LogP contribution in [0.1, 0.15) is 36.9 Å². The van der Waals surface area contributed by atoms with Crippen LogP contribution in [-0.4, -0.2) is 41.0 Å². The zero-order chi connectivity index (χ0) is 17.8. The lowest BCUT2D eigenvalue weighted by Crippen LogP contribution is -2.40. The van der Waals surface area contributed by atoms with Gasteiger partial charge in [0.1, 0.15) is 12.1 Å². The zero-order valence-electron chi connectivity index (χ0n) is 15.8. The highest BCUT2D eigenvalue weighted by Gasteiger charge is 2.29. The molecule has 1 aromatic heterocycles. The minimum atomic E-state index is 0.896. The Hall–Kier alpha value is -1.94. The highest BCUT2D eigenvalue weighted by atomic mass is 15.2. The highest BCUT2D eigenvalue weighted by molar-refractivity contribution is 5.39. The molecule has 0 radical (unpaired) electrons. The molecule has 0 spiro atoms. The van der Waals surface area contributed by atoms with Crippen molar-refractivity contribution >= 4 is 5.82 Å². The van der Waals surface area contributed by atoms with Crippen molar-refractivity contribution in [2.75, 3.05) is 31.1 Å². The fraction of sp³-hybridized carbons (Fsp3) is 0.545. The quantitative estimate of drug-likeness (QED) is 0.837. The standard InChI is InChI=1S/C22H30N4/c1-18-15-22(24-17-23-18)26-13-9-21(10-14-26)20-7-11-25(12-8-20)16-19-5-3-2-4-6-19/h2-6,15,17,20-21H,7-14,16H2,1H3. The third-order valence-corrected chi connectivity index (χ3v) is 6.20. The Morgan fingerprint density at radius 3 is 2.19 bits per heavy atom. The first-order chi connectivity index (χ1) is 12.8. The molecular formula is C22H30N4. The van der Waals surface area contributed by atoms with Gasteiger partial charge in [-0.05, 0) is 63.1 Å². The largest absolute Gasteiger partial charge is 0.356 e. The third-order valence-electron chi connectivity index (χ3n) is 6.20. The summed E-state index contributed by atoms with van der Waals surface area (Å²) in [6.45, 7) is 7.95. The lowest BCUT2D eigenvalue weighted by atomic mass is 9.78. The van der Waals surface area contributed by atoms with E-state index in [9.17, 15) is 0 Å². The Morgan fingerprint density at radius 2 is 1.54 bits per heavy atom. The van der Waals surface area contributed by atoms with Gasteiger partial charge >= 0.3 is 0 Å². The molecule has 0 N–H and O–H groups in total. The molecule has 0 bridgehead atoms. The number of aryl methyl sites for hydroxylation is 1. The van der Waals surface area contributed by atoms with Crippen molar-refractivity contribution in [3.63, 3.8) is 0 Å². The van der Waals surface area contributed by atoms with E-state index in [0.717, 1.165) is 43.0 Å². The molecule has 2 saturated heterocycles. The molecule has 26 heavy (non-hydrogen) atoms. The predicted octanol–water partition coefficient (Wildman–Crippen LogP) is 3.91. The second-order valence-corrected chi connectivity index (χ2v) is 7.94. The van der Waals surface area contributed by atoms with Crippen LogP contribution in [0.4, 0.5) is 5.82 Å². The lowest BCUT2D eigenvalue weighted by molar-refractivity contribution is 0.129. The van der Waals surface area contributed by atoms with E-state index in [1.54, 1.807) is 6.33 Å². The van der Waals surface area contributed by atoms with E-state index in [-0.39, 0.29) is 0 Å². The second-order valence-electron chi connectivity index (χ2n) is 7.94. The first-order valence-corrected chi connectivity index (χ1v) is 10.1. The number of benzene rings is 1. The van der Waals surface area contributed by atoms with Gasteiger partial charge in [-0.15, -0.1) is 0 Å². The van der Waals surface area contributed by atoms with Crippen LogP contribution in [-0.2, 0) is 6.54 Å². The molecule has 0 unspecified atom stereocenters. The molecule has 2 aliphatic rings. The van der Waals surface area contributed by atoms with Crippen LogP contribution in [0, 0.1) is 18.8 Å². The zero-order valence-corrected chi connectivity index (χ0v) is 15.8. The van der Waals surface area contributed by atoms with Crippen molar-refractivity contribution in [2.24, 2.45) is 11.8 Å². The van der Waals surface area contributed by atoms with Crippen LogP contribution in [0.5, 0.6) is 0 Å². The fourth-order valence-corrected chi connectivity index (χ4v) is 4.64. The van der Waals surface area contributed by atoms with Crippen LogP contribution in [0.25, 0.3) is 0 Å². The van der Waals surface area contributed by atoms with Gasteiger partial charge in [-0.1, -0.05) is 30.3 Å². The Morgan fingerprint density at radius 1 is 0.885 bits per heavy atom. The molecule has 0 aliphatic carbocycles. The number of aromatic nitrogens is 2. The molecule has 0 atom stereocenters. The van der Waals surface area contributed by atoms with Crippen molar-refractivity contribution < 1.29 is 0 Å². The van der Waals surface area contributed by atoms with Gasteiger partial charge in [0, 0.05) is 31.4 Å².